The Kier molecular flexibility index (Phi) is 7.04. The molecule has 2 aliphatic carbocycles. The Bertz CT molecular complexity index is 1710. The number of hydrogen-bond donors (Lipinski definition) is 1. The van der Waals surface area contributed by atoms with Crippen LogP contribution in [-0.2, 0) is 32.3 Å². The molecule has 6 atom stereocenters. The van der Waals surface area contributed by atoms with Gasteiger partial charge in [-0.05, 0) is 47.6 Å². The summed E-state index contributed by atoms with van der Waals surface area (Å²) in [6.07, 6.45) is 2.65. The number of nitrogens with zero attached hydrogens (tertiary/aromatic N) is 2. The van der Waals surface area contributed by atoms with Gasteiger partial charge < -0.3 is 9.84 Å². The van der Waals surface area contributed by atoms with Gasteiger partial charge in [-0.2, -0.15) is 0 Å². The standard InChI is InChI=1S/C35H31ClN2O6/c1-44-27-15-21(14-26(36)31(27)39)28-22-12-13-23-29(34(42)37(32(23)40)17-19-8-4-2-5-9-19)24(22)16-25-30(28)35(43)38(33(25)41)18-20-10-6-3-7-11-20/h2-12,14-15,23-25,28-30,39H,13,16-18H2,1H3. The molecule has 2 saturated heterocycles. The third kappa shape index (κ3) is 4.42. The lowest BCUT2D eigenvalue weighted by Gasteiger charge is -2.44. The van der Waals surface area contributed by atoms with Gasteiger partial charge in [-0.15, -0.1) is 0 Å². The average Bonchev–Trinajstić information content (AvgIpc) is 3.42. The maximum atomic E-state index is 14.2. The van der Waals surface area contributed by atoms with Crippen molar-refractivity contribution in [3.8, 4) is 11.5 Å². The van der Waals surface area contributed by atoms with Crippen molar-refractivity contribution in [2.24, 2.45) is 29.6 Å². The summed E-state index contributed by atoms with van der Waals surface area (Å²) in [6.45, 7) is 0.339. The van der Waals surface area contributed by atoms with E-state index < -0.39 is 35.5 Å². The van der Waals surface area contributed by atoms with Crippen LogP contribution in [0.5, 0.6) is 11.5 Å². The molecule has 7 rings (SSSR count). The van der Waals surface area contributed by atoms with Crippen molar-refractivity contribution in [3.63, 3.8) is 0 Å². The summed E-state index contributed by atoms with van der Waals surface area (Å²) in [6, 6.07) is 22.0. The number of imide groups is 2. The highest BCUT2D eigenvalue weighted by molar-refractivity contribution is 6.32. The number of amides is 4. The first-order valence-electron chi connectivity index (χ1n) is 14.8. The predicted molar refractivity (Wildman–Crippen MR) is 161 cm³/mol. The summed E-state index contributed by atoms with van der Waals surface area (Å²) >= 11 is 6.45. The Morgan fingerprint density at radius 2 is 1.34 bits per heavy atom. The number of phenols is 1. The Hall–Kier alpha value is -4.43. The van der Waals surface area contributed by atoms with Gasteiger partial charge in [0.05, 0.1) is 48.9 Å². The van der Waals surface area contributed by atoms with Crippen molar-refractivity contribution < 1.29 is 29.0 Å². The fourth-order valence-electron chi connectivity index (χ4n) is 7.87. The lowest BCUT2D eigenvalue weighted by molar-refractivity contribution is -0.142. The van der Waals surface area contributed by atoms with Gasteiger partial charge >= 0.3 is 0 Å². The molecule has 2 heterocycles. The molecule has 224 valence electrons. The SMILES string of the molecule is COc1cc(C2C3=CCC4C(=O)N(Cc5ccccc5)C(=O)C4C3CC3C(=O)N(Cc4ccccc4)C(=O)C32)cc(Cl)c1O. The molecule has 1 saturated carbocycles. The number of ether oxygens (including phenoxy) is 1. The molecule has 3 fully saturated rings. The van der Waals surface area contributed by atoms with Gasteiger partial charge in [-0.1, -0.05) is 83.9 Å². The molecular weight excluding hydrogens is 580 g/mol. The second-order valence-electron chi connectivity index (χ2n) is 12.1. The van der Waals surface area contributed by atoms with E-state index in [0.29, 0.717) is 18.4 Å². The summed E-state index contributed by atoms with van der Waals surface area (Å²) in [5.74, 6) is -4.61. The van der Waals surface area contributed by atoms with Crippen LogP contribution in [0.25, 0.3) is 0 Å². The predicted octanol–water partition coefficient (Wildman–Crippen LogP) is 5.09. The average molecular weight is 611 g/mol. The summed E-state index contributed by atoms with van der Waals surface area (Å²) in [4.78, 5) is 58.5. The molecule has 0 aromatic heterocycles. The number of rotatable bonds is 6. The third-order valence-corrected chi connectivity index (χ3v) is 10.1. The third-order valence-electron chi connectivity index (χ3n) is 9.83. The van der Waals surface area contributed by atoms with E-state index in [1.165, 1.54) is 16.9 Å². The minimum Gasteiger partial charge on any atom is -0.503 e. The van der Waals surface area contributed by atoms with Gasteiger partial charge in [0.1, 0.15) is 0 Å². The van der Waals surface area contributed by atoms with E-state index >= 15 is 0 Å². The molecular formula is C35H31ClN2O6. The van der Waals surface area contributed by atoms with Crippen LogP contribution >= 0.6 is 11.6 Å². The van der Waals surface area contributed by atoms with E-state index in [4.69, 9.17) is 16.3 Å². The minimum absolute atomic E-state index is 0.0615. The number of fused-ring (bicyclic) bond motifs is 4. The number of halogens is 1. The van der Waals surface area contributed by atoms with Crippen LogP contribution in [-0.4, -0.2) is 45.6 Å². The van der Waals surface area contributed by atoms with E-state index in [9.17, 15) is 24.3 Å². The maximum absolute atomic E-state index is 14.2. The van der Waals surface area contributed by atoms with Crippen LogP contribution in [0, 0.1) is 29.6 Å². The lowest BCUT2D eigenvalue weighted by atomic mass is 9.57. The zero-order valence-corrected chi connectivity index (χ0v) is 24.8. The molecule has 44 heavy (non-hydrogen) atoms. The number of hydrogen-bond acceptors (Lipinski definition) is 6. The first-order chi connectivity index (χ1) is 21.3. The topological polar surface area (TPSA) is 104 Å². The van der Waals surface area contributed by atoms with Crippen molar-refractivity contribution in [2.45, 2.75) is 31.8 Å². The fourth-order valence-corrected chi connectivity index (χ4v) is 8.09. The highest BCUT2D eigenvalue weighted by atomic mass is 35.5. The number of methoxy groups -OCH3 is 1. The van der Waals surface area contributed by atoms with E-state index in [2.05, 4.69) is 0 Å². The molecule has 1 N–H and O–H groups in total. The molecule has 4 aliphatic rings. The first-order valence-corrected chi connectivity index (χ1v) is 15.2. The molecule has 0 bridgehead atoms. The summed E-state index contributed by atoms with van der Waals surface area (Å²) in [5.41, 5.74) is 3.18. The number of carbonyl (C=O) groups is 4. The second-order valence-corrected chi connectivity index (χ2v) is 12.5. The molecule has 4 amide bonds. The molecule has 0 radical (unpaired) electrons. The summed E-state index contributed by atoms with van der Waals surface area (Å²) in [5, 5.41) is 10.6. The number of likely N-dealkylation sites (tertiary alicyclic amines) is 2. The molecule has 0 spiro atoms. The van der Waals surface area contributed by atoms with E-state index in [-0.39, 0.29) is 53.2 Å². The second kappa shape index (κ2) is 10.9. The van der Waals surface area contributed by atoms with Crippen molar-refractivity contribution in [2.75, 3.05) is 7.11 Å². The number of phenolic OH excluding ortho intramolecular Hbond substituents is 1. The van der Waals surface area contributed by atoms with Crippen LogP contribution in [0.2, 0.25) is 5.02 Å². The largest absolute Gasteiger partial charge is 0.503 e. The zero-order chi connectivity index (χ0) is 30.7. The first kappa shape index (κ1) is 28.3. The monoisotopic (exact) mass is 610 g/mol. The molecule has 9 heteroatoms. The van der Waals surface area contributed by atoms with Gasteiger partial charge in [-0.3, -0.25) is 29.0 Å². The van der Waals surface area contributed by atoms with Gasteiger partial charge in [0.25, 0.3) is 0 Å². The maximum Gasteiger partial charge on any atom is 0.234 e. The van der Waals surface area contributed by atoms with Crippen molar-refractivity contribution in [1.82, 2.24) is 9.80 Å². The highest BCUT2D eigenvalue weighted by Crippen LogP contribution is 2.58. The summed E-state index contributed by atoms with van der Waals surface area (Å²) in [7, 11) is 1.42. The van der Waals surface area contributed by atoms with Crippen LogP contribution in [0.3, 0.4) is 0 Å². The van der Waals surface area contributed by atoms with Crippen LogP contribution in [0.4, 0.5) is 0 Å². The Balaban J connectivity index is 1.30. The van der Waals surface area contributed by atoms with E-state index in [0.717, 1.165) is 16.7 Å². The Morgan fingerprint density at radius 1 is 0.773 bits per heavy atom. The molecule has 3 aromatic carbocycles. The van der Waals surface area contributed by atoms with Gasteiger partial charge in [0.15, 0.2) is 11.5 Å². The van der Waals surface area contributed by atoms with E-state index in [1.807, 2.05) is 66.7 Å². The number of carbonyl (C=O) groups excluding carboxylic acids is 4. The van der Waals surface area contributed by atoms with Crippen molar-refractivity contribution >= 4 is 35.2 Å². The van der Waals surface area contributed by atoms with Crippen LogP contribution in [0.1, 0.15) is 35.4 Å². The van der Waals surface area contributed by atoms with Crippen LogP contribution < -0.4 is 4.74 Å². The number of aromatic hydroxyl groups is 1. The number of benzene rings is 3. The van der Waals surface area contributed by atoms with Crippen molar-refractivity contribution in [1.29, 1.82) is 0 Å². The normalized spacial score (nSPS) is 27.6. The zero-order valence-electron chi connectivity index (χ0n) is 24.1. The lowest BCUT2D eigenvalue weighted by Crippen LogP contribution is -2.43. The van der Waals surface area contributed by atoms with Crippen molar-refractivity contribution in [3.05, 3.63) is 106 Å². The van der Waals surface area contributed by atoms with E-state index in [1.54, 1.807) is 12.1 Å². The molecule has 3 aromatic rings. The fraction of sp³-hybridized carbons (Fsp3) is 0.314. The van der Waals surface area contributed by atoms with Gasteiger partial charge in [0.2, 0.25) is 23.6 Å². The summed E-state index contributed by atoms with van der Waals surface area (Å²) < 4.78 is 5.40. The Morgan fingerprint density at radius 3 is 1.93 bits per heavy atom. The molecule has 2 aliphatic heterocycles. The highest BCUT2D eigenvalue weighted by Gasteiger charge is 2.61. The molecule has 6 unspecified atom stereocenters. The van der Waals surface area contributed by atoms with Gasteiger partial charge in [0, 0.05) is 5.92 Å². The van der Waals surface area contributed by atoms with Gasteiger partial charge in [-0.25, -0.2) is 0 Å². The quantitative estimate of drug-likeness (QED) is 0.308. The smallest absolute Gasteiger partial charge is 0.234 e. The molecule has 8 nitrogen and oxygen atoms in total. The minimum atomic E-state index is -0.719. The van der Waals surface area contributed by atoms with Crippen LogP contribution in [0.15, 0.2) is 84.4 Å². The Labute approximate surface area is 259 Å². The number of allylic oxidation sites excluding steroid dienone is 2.